The Labute approximate surface area is 167 Å². The highest BCUT2D eigenvalue weighted by Crippen LogP contribution is 2.34. The van der Waals surface area contributed by atoms with Crippen molar-refractivity contribution in [3.63, 3.8) is 0 Å². The Kier molecular flexibility index (Phi) is 6.11. The molecule has 0 atom stereocenters. The number of rotatable bonds is 6. The Morgan fingerprint density at radius 2 is 1.70 bits per heavy atom. The Hall–Kier alpha value is -1.99. The van der Waals surface area contributed by atoms with Gasteiger partial charge in [0.1, 0.15) is 10.7 Å². The van der Waals surface area contributed by atoms with Crippen molar-refractivity contribution in [3.05, 3.63) is 82.4 Å². The summed E-state index contributed by atoms with van der Waals surface area (Å²) >= 11 is 12.4. The van der Waals surface area contributed by atoms with Crippen molar-refractivity contribution in [3.8, 4) is 11.1 Å². The van der Waals surface area contributed by atoms with Gasteiger partial charge >= 0.3 is 0 Å². The van der Waals surface area contributed by atoms with E-state index in [9.17, 15) is 12.8 Å². The number of halogens is 3. The van der Waals surface area contributed by atoms with Crippen LogP contribution in [0.15, 0.2) is 65.8 Å². The van der Waals surface area contributed by atoms with Crippen molar-refractivity contribution >= 4 is 33.2 Å². The molecule has 3 aromatic rings. The molecule has 8 heteroatoms. The molecule has 0 unspecified atom stereocenters. The third-order valence-corrected chi connectivity index (χ3v) is 6.29. The van der Waals surface area contributed by atoms with Gasteiger partial charge in [0, 0.05) is 24.5 Å². The first-order valence-corrected chi connectivity index (χ1v) is 10.2. The number of sulfonamides is 1. The van der Waals surface area contributed by atoms with E-state index < -0.39 is 10.0 Å². The van der Waals surface area contributed by atoms with E-state index in [4.69, 9.17) is 23.2 Å². The lowest BCUT2D eigenvalue weighted by Crippen LogP contribution is -2.26. The smallest absolute Gasteiger partial charge is 0.243 e. The van der Waals surface area contributed by atoms with Crippen molar-refractivity contribution in [2.75, 3.05) is 6.54 Å². The summed E-state index contributed by atoms with van der Waals surface area (Å²) in [5.41, 5.74) is 1.84. The van der Waals surface area contributed by atoms with Gasteiger partial charge in [-0.15, -0.1) is 0 Å². The van der Waals surface area contributed by atoms with Gasteiger partial charge < -0.3 is 0 Å². The Morgan fingerprint density at radius 3 is 2.33 bits per heavy atom. The van der Waals surface area contributed by atoms with Crippen LogP contribution in [0.4, 0.5) is 4.39 Å². The number of hydrogen-bond acceptors (Lipinski definition) is 3. The van der Waals surface area contributed by atoms with E-state index in [-0.39, 0.29) is 33.7 Å². The largest absolute Gasteiger partial charge is 0.264 e. The van der Waals surface area contributed by atoms with Crippen LogP contribution in [-0.4, -0.2) is 19.9 Å². The molecule has 0 amide bonds. The second kappa shape index (κ2) is 8.35. The highest BCUT2D eigenvalue weighted by Gasteiger charge is 2.22. The van der Waals surface area contributed by atoms with Gasteiger partial charge in [0.15, 0.2) is 0 Å². The van der Waals surface area contributed by atoms with Crippen molar-refractivity contribution in [1.82, 2.24) is 9.71 Å². The fourth-order valence-corrected chi connectivity index (χ4v) is 4.85. The van der Waals surface area contributed by atoms with E-state index in [1.54, 1.807) is 36.7 Å². The molecule has 3 rings (SSSR count). The number of pyridine rings is 1. The summed E-state index contributed by atoms with van der Waals surface area (Å²) in [4.78, 5) is 3.82. The summed E-state index contributed by atoms with van der Waals surface area (Å²) in [5.74, 6) is -0.381. The molecule has 0 radical (unpaired) electrons. The number of benzene rings is 2. The van der Waals surface area contributed by atoms with Crippen molar-refractivity contribution < 1.29 is 12.8 Å². The van der Waals surface area contributed by atoms with E-state index in [0.29, 0.717) is 11.1 Å². The Morgan fingerprint density at radius 1 is 1.00 bits per heavy atom. The second-order valence-electron chi connectivity index (χ2n) is 5.75. The molecule has 0 saturated carbocycles. The third kappa shape index (κ3) is 4.65. The SMILES string of the molecule is O=S(=O)(NCCc1ccccc1F)c1c(Cl)cc(-c2cccnc2)cc1Cl. The monoisotopic (exact) mass is 424 g/mol. The zero-order valence-electron chi connectivity index (χ0n) is 14.0. The van der Waals surface area contributed by atoms with Crippen LogP contribution in [0.25, 0.3) is 11.1 Å². The summed E-state index contributed by atoms with van der Waals surface area (Å²) in [6.45, 7) is 0.0142. The van der Waals surface area contributed by atoms with Crippen LogP contribution < -0.4 is 4.72 Å². The molecule has 0 aliphatic heterocycles. The molecule has 0 spiro atoms. The topological polar surface area (TPSA) is 59.1 Å². The summed E-state index contributed by atoms with van der Waals surface area (Å²) in [5, 5.41) is -0.000473. The third-order valence-electron chi connectivity index (χ3n) is 3.91. The minimum atomic E-state index is -3.96. The van der Waals surface area contributed by atoms with Gasteiger partial charge in [-0.25, -0.2) is 17.5 Å². The van der Waals surface area contributed by atoms with E-state index in [2.05, 4.69) is 9.71 Å². The summed E-state index contributed by atoms with van der Waals surface area (Å²) in [6, 6.07) is 12.8. The van der Waals surface area contributed by atoms with E-state index >= 15 is 0 Å². The first kappa shape index (κ1) is 19.8. The first-order valence-electron chi connectivity index (χ1n) is 8.01. The maximum absolute atomic E-state index is 13.6. The van der Waals surface area contributed by atoms with Crippen LogP contribution in [-0.2, 0) is 16.4 Å². The van der Waals surface area contributed by atoms with Crippen LogP contribution in [0.3, 0.4) is 0 Å². The summed E-state index contributed by atoms with van der Waals surface area (Å²) in [6.07, 6.45) is 3.46. The minimum absolute atomic E-state index is 0.000236. The van der Waals surface area contributed by atoms with Gasteiger partial charge in [-0.05, 0) is 41.8 Å². The molecule has 0 bridgehead atoms. The minimum Gasteiger partial charge on any atom is -0.264 e. The molecule has 1 heterocycles. The quantitative estimate of drug-likeness (QED) is 0.622. The normalized spacial score (nSPS) is 11.5. The predicted molar refractivity (Wildman–Crippen MR) is 105 cm³/mol. The van der Waals surface area contributed by atoms with Gasteiger partial charge in [-0.3, -0.25) is 4.98 Å². The van der Waals surface area contributed by atoms with E-state index in [0.717, 1.165) is 5.56 Å². The number of nitrogens with one attached hydrogen (secondary N) is 1. The van der Waals surface area contributed by atoms with E-state index in [1.165, 1.54) is 18.2 Å². The zero-order valence-corrected chi connectivity index (χ0v) is 16.3. The Bertz CT molecular complexity index is 1040. The van der Waals surface area contributed by atoms with Gasteiger partial charge in [0.2, 0.25) is 10.0 Å². The predicted octanol–water partition coefficient (Wildman–Crippen LogP) is 4.72. The van der Waals surface area contributed by atoms with Crippen molar-refractivity contribution in [2.24, 2.45) is 0 Å². The zero-order chi connectivity index (χ0) is 19.4. The molecular weight excluding hydrogens is 410 g/mol. The molecule has 0 fully saturated rings. The first-order chi connectivity index (χ1) is 12.9. The summed E-state index contributed by atoms with van der Waals surface area (Å²) in [7, 11) is -3.96. The van der Waals surface area contributed by atoms with Crippen molar-refractivity contribution in [2.45, 2.75) is 11.3 Å². The number of aromatic nitrogens is 1. The van der Waals surface area contributed by atoms with Crippen LogP contribution in [0.5, 0.6) is 0 Å². The number of nitrogens with zero attached hydrogens (tertiary/aromatic N) is 1. The lowest BCUT2D eigenvalue weighted by molar-refractivity contribution is 0.577. The molecule has 140 valence electrons. The Balaban J connectivity index is 1.81. The van der Waals surface area contributed by atoms with Gasteiger partial charge in [-0.1, -0.05) is 47.5 Å². The molecule has 0 saturated heterocycles. The van der Waals surface area contributed by atoms with Crippen LogP contribution >= 0.6 is 23.2 Å². The average molecular weight is 425 g/mol. The lowest BCUT2D eigenvalue weighted by Gasteiger charge is -2.12. The maximum Gasteiger partial charge on any atom is 0.243 e. The molecule has 2 aromatic carbocycles. The van der Waals surface area contributed by atoms with Gasteiger partial charge in [0.25, 0.3) is 0 Å². The molecular formula is C19H15Cl2FN2O2S. The van der Waals surface area contributed by atoms with Crippen LogP contribution in [0.1, 0.15) is 5.56 Å². The number of hydrogen-bond donors (Lipinski definition) is 1. The van der Waals surface area contributed by atoms with E-state index in [1.807, 2.05) is 6.07 Å². The molecule has 1 N–H and O–H groups in total. The molecule has 0 aliphatic rings. The van der Waals surface area contributed by atoms with Crippen LogP contribution in [0, 0.1) is 5.82 Å². The maximum atomic E-state index is 13.6. The lowest BCUT2D eigenvalue weighted by atomic mass is 10.1. The molecule has 27 heavy (non-hydrogen) atoms. The fourth-order valence-electron chi connectivity index (χ4n) is 2.61. The van der Waals surface area contributed by atoms with Gasteiger partial charge in [0.05, 0.1) is 10.0 Å². The molecule has 0 aliphatic carbocycles. The van der Waals surface area contributed by atoms with Crippen molar-refractivity contribution in [1.29, 1.82) is 0 Å². The molecule has 1 aromatic heterocycles. The molecule has 4 nitrogen and oxygen atoms in total. The standard InChI is InChI=1S/C19H15Cl2FN2O2S/c20-16-10-15(14-5-3-8-23-12-14)11-17(21)19(16)27(25,26)24-9-7-13-4-1-2-6-18(13)22/h1-6,8,10-12,24H,7,9H2. The highest BCUT2D eigenvalue weighted by atomic mass is 35.5. The average Bonchev–Trinajstić information content (AvgIpc) is 2.63. The summed E-state index contributed by atoms with van der Waals surface area (Å²) < 4.78 is 41.3. The highest BCUT2D eigenvalue weighted by molar-refractivity contribution is 7.89. The second-order valence-corrected chi connectivity index (χ2v) is 8.27. The van der Waals surface area contributed by atoms with Gasteiger partial charge in [-0.2, -0.15) is 0 Å². The van der Waals surface area contributed by atoms with Crippen LogP contribution in [0.2, 0.25) is 10.0 Å². The fraction of sp³-hybridized carbons (Fsp3) is 0.105.